The van der Waals surface area contributed by atoms with Gasteiger partial charge in [-0.25, -0.2) is 0 Å². The van der Waals surface area contributed by atoms with Gasteiger partial charge < -0.3 is 15.0 Å². The molecule has 2 fully saturated rings. The third-order valence-corrected chi connectivity index (χ3v) is 4.34. The fraction of sp³-hybridized carbons (Fsp3) is 0.625. The summed E-state index contributed by atoms with van der Waals surface area (Å²) in [6.45, 7) is 7.41. The number of anilines is 1. The number of ether oxygens (including phenoxy) is 1. The number of nitrogens with one attached hydrogen (secondary N) is 1. The standard InChI is InChI=1S/C16H24N2O/c1-13-11-15(18-9-7-17-8-10-18)5-6-16(13)19-12-14-3-2-4-14/h5-6,11,14,17H,2-4,7-10,12H2,1H3. The van der Waals surface area contributed by atoms with E-state index < -0.39 is 0 Å². The topological polar surface area (TPSA) is 24.5 Å². The predicted molar refractivity (Wildman–Crippen MR) is 79.1 cm³/mol. The van der Waals surface area contributed by atoms with E-state index in [2.05, 4.69) is 35.3 Å². The first-order valence-corrected chi connectivity index (χ1v) is 7.52. The molecule has 1 aromatic rings. The largest absolute Gasteiger partial charge is 0.493 e. The fourth-order valence-electron chi connectivity index (χ4n) is 2.78. The van der Waals surface area contributed by atoms with E-state index in [0.29, 0.717) is 0 Å². The number of benzene rings is 1. The second-order valence-corrected chi connectivity index (χ2v) is 5.79. The Bertz CT molecular complexity index is 423. The summed E-state index contributed by atoms with van der Waals surface area (Å²) in [7, 11) is 0. The van der Waals surface area contributed by atoms with Gasteiger partial charge in [-0.1, -0.05) is 6.42 Å². The molecule has 3 nitrogen and oxygen atoms in total. The number of hydrogen-bond acceptors (Lipinski definition) is 3. The second kappa shape index (κ2) is 5.83. The maximum Gasteiger partial charge on any atom is 0.122 e. The Hall–Kier alpha value is -1.22. The van der Waals surface area contributed by atoms with Crippen molar-refractivity contribution < 1.29 is 4.74 Å². The molecule has 1 heterocycles. The van der Waals surface area contributed by atoms with Crippen molar-refractivity contribution in [1.82, 2.24) is 5.32 Å². The van der Waals surface area contributed by atoms with E-state index in [0.717, 1.165) is 44.5 Å². The van der Waals surface area contributed by atoms with Gasteiger partial charge in [-0.2, -0.15) is 0 Å². The minimum Gasteiger partial charge on any atom is -0.493 e. The number of nitrogens with zero attached hydrogens (tertiary/aromatic N) is 1. The average molecular weight is 260 g/mol. The van der Waals surface area contributed by atoms with Crippen molar-refractivity contribution in [3.63, 3.8) is 0 Å². The molecule has 0 aromatic heterocycles. The number of hydrogen-bond donors (Lipinski definition) is 1. The highest BCUT2D eigenvalue weighted by molar-refractivity contribution is 5.53. The SMILES string of the molecule is Cc1cc(N2CCNCC2)ccc1OCC1CCC1. The number of piperazine rings is 1. The highest BCUT2D eigenvalue weighted by Crippen LogP contribution is 2.29. The van der Waals surface area contributed by atoms with E-state index in [4.69, 9.17) is 4.74 Å². The van der Waals surface area contributed by atoms with Crippen molar-refractivity contribution >= 4 is 5.69 Å². The molecule has 0 atom stereocenters. The lowest BCUT2D eigenvalue weighted by molar-refractivity contribution is 0.180. The Labute approximate surface area is 115 Å². The van der Waals surface area contributed by atoms with Gasteiger partial charge in [0.05, 0.1) is 6.61 Å². The van der Waals surface area contributed by atoms with Crippen LogP contribution in [-0.2, 0) is 0 Å². The van der Waals surface area contributed by atoms with Crippen LogP contribution in [0.1, 0.15) is 24.8 Å². The molecule has 0 amide bonds. The van der Waals surface area contributed by atoms with Crippen molar-refractivity contribution in [2.75, 3.05) is 37.7 Å². The van der Waals surface area contributed by atoms with Crippen LogP contribution >= 0.6 is 0 Å². The van der Waals surface area contributed by atoms with Gasteiger partial charge in [-0.3, -0.25) is 0 Å². The second-order valence-electron chi connectivity index (χ2n) is 5.79. The predicted octanol–water partition coefficient (Wildman–Crippen LogP) is 2.58. The van der Waals surface area contributed by atoms with Gasteiger partial charge >= 0.3 is 0 Å². The van der Waals surface area contributed by atoms with Crippen LogP contribution in [0, 0.1) is 12.8 Å². The van der Waals surface area contributed by atoms with Crippen LogP contribution in [0.25, 0.3) is 0 Å². The highest BCUT2D eigenvalue weighted by atomic mass is 16.5. The number of rotatable bonds is 4. The van der Waals surface area contributed by atoms with Crippen LogP contribution in [-0.4, -0.2) is 32.8 Å². The summed E-state index contributed by atoms with van der Waals surface area (Å²) in [5, 5.41) is 3.39. The minimum atomic E-state index is 0.798. The molecule has 1 aromatic carbocycles. The van der Waals surface area contributed by atoms with Crippen molar-refractivity contribution in [2.24, 2.45) is 5.92 Å². The Morgan fingerprint density at radius 3 is 2.68 bits per heavy atom. The molecule has 2 aliphatic rings. The van der Waals surface area contributed by atoms with E-state index in [9.17, 15) is 0 Å². The number of aryl methyl sites for hydroxylation is 1. The first kappa shape index (κ1) is 12.8. The molecule has 1 N–H and O–H groups in total. The summed E-state index contributed by atoms with van der Waals surface area (Å²) in [6, 6.07) is 6.61. The van der Waals surface area contributed by atoms with Crippen LogP contribution in [0.4, 0.5) is 5.69 Å². The normalized spacial score (nSPS) is 20.2. The van der Waals surface area contributed by atoms with E-state index in [-0.39, 0.29) is 0 Å². The van der Waals surface area contributed by atoms with E-state index in [1.54, 1.807) is 0 Å². The summed E-state index contributed by atoms with van der Waals surface area (Å²) in [5.41, 5.74) is 2.59. The monoisotopic (exact) mass is 260 g/mol. The first-order valence-electron chi connectivity index (χ1n) is 7.52. The van der Waals surface area contributed by atoms with Gasteiger partial charge in [0, 0.05) is 31.9 Å². The molecule has 1 aliphatic heterocycles. The summed E-state index contributed by atoms with van der Waals surface area (Å²) in [5.74, 6) is 1.86. The van der Waals surface area contributed by atoms with Gasteiger partial charge in [-0.05, 0) is 49.4 Å². The lowest BCUT2D eigenvalue weighted by Crippen LogP contribution is -2.43. The summed E-state index contributed by atoms with van der Waals surface area (Å²) < 4.78 is 5.95. The van der Waals surface area contributed by atoms with Crippen LogP contribution in [0.5, 0.6) is 5.75 Å². The molecule has 1 aliphatic carbocycles. The Morgan fingerprint density at radius 2 is 2.05 bits per heavy atom. The minimum absolute atomic E-state index is 0.798. The van der Waals surface area contributed by atoms with Crippen molar-refractivity contribution in [3.05, 3.63) is 23.8 Å². The molecule has 1 saturated heterocycles. The maximum atomic E-state index is 5.95. The lowest BCUT2D eigenvalue weighted by Gasteiger charge is -2.30. The van der Waals surface area contributed by atoms with Crippen LogP contribution in [0.15, 0.2) is 18.2 Å². The van der Waals surface area contributed by atoms with E-state index >= 15 is 0 Å². The van der Waals surface area contributed by atoms with Gasteiger partial charge in [0.25, 0.3) is 0 Å². The molecule has 3 heteroatoms. The smallest absolute Gasteiger partial charge is 0.122 e. The molecule has 19 heavy (non-hydrogen) atoms. The third kappa shape index (κ3) is 3.03. The quantitative estimate of drug-likeness (QED) is 0.900. The van der Waals surface area contributed by atoms with Crippen LogP contribution in [0.2, 0.25) is 0 Å². The van der Waals surface area contributed by atoms with Crippen LogP contribution < -0.4 is 15.0 Å². The molecule has 104 valence electrons. The zero-order chi connectivity index (χ0) is 13.1. The van der Waals surface area contributed by atoms with E-state index in [1.807, 2.05) is 0 Å². The van der Waals surface area contributed by atoms with Gasteiger partial charge in [0.15, 0.2) is 0 Å². The molecule has 1 saturated carbocycles. The molecular weight excluding hydrogens is 236 g/mol. The fourth-order valence-corrected chi connectivity index (χ4v) is 2.78. The zero-order valence-corrected chi connectivity index (χ0v) is 11.8. The zero-order valence-electron chi connectivity index (χ0n) is 11.8. The highest BCUT2D eigenvalue weighted by Gasteiger charge is 2.18. The van der Waals surface area contributed by atoms with Crippen LogP contribution in [0.3, 0.4) is 0 Å². The Kier molecular flexibility index (Phi) is 3.92. The lowest BCUT2D eigenvalue weighted by atomic mass is 9.86. The first-order chi connectivity index (χ1) is 9.33. The maximum absolute atomic E-state index is 5.95. The van der Waals surface area contributed by atoms with Gasteiger partial charge in [-0.15, -0.1) is 0 Å². The van der Waals surface area contributed by atoms with Gasteiger partial charge in [0.1, 0.15) is 5.75 Å². The average Bonchev–Trinajstić information content (AvgIpc) is 2.40. The van der Waals surface area contributed by atoms with Crippen molar-refractivity contribution in [3.8, 4) is 5.75 Å². The summed E-state index contributed by atoms with van der Waals surface area (Å²) in [6.07, 6.45) is 4.07. The Balaban J connectivity index is 1.62. The molecule has 0 unspecified atom stereocenters. The van der Waals surface area contributed by atoms with Gasteiger partial charge in [0.2, 0.25) is 0 Å². The van der Waals surface area contributed by atoms with Crippen molar-refractivity contribution in [2.45, 2.75) is 26.2 Å². The molecule has 0 bridgehead atoms. The molecule has 0 spiro atoms. The summed E-state index contributed by atoms with van der Waals surface area (Å²) in [4.78, 5) is 2.44. The third-order valence-electron chi connectivity index (χ3n) is 4.34. The molecular formula is C16H24N2O. The summed E-state index contributed by atoms with van der Waals surface area (Å²) >= 11 is 0. The molecule has 0 radical (unpaired) electrons. The Morgan fingerprint density at radius 1 is 1.26 bits per heavy atom. The molecule has 3 rings (SSSR count). The van der Waals surface area contributed by atoms with E-state index in [1.165, 1.54) is 30.5 Å². The van der Waals surface area contributed by atoms with Crippen molar-refractivity contribution in [1.29, 1.82) is 0 Å².